The molecule has 6 nitrogen and oxygen atoms in total. The van der Waals surface area contributed by atoms with Gasteiger partial charge in [0.05, 0.1) is 5.41 Å². The summed E-state index contributed by atoms with van der Waals surface area (Å²) in [5, 5.41) is 9.89. The van der Waals surface area contributed by atoms with Gasteiger partial charge in [-0.15, -0.1) is 0 Å². The summed E-state index contributed by atoms with van der Waals surface area (Å²) in [6.45, 7) is 4.78. The molecule has 28 heavy (non-hydrogen) atoms. The quantitative estimate of drug-likeness (QED) is 0.832. The van der Waals surface area contributed by atoms with Crippen LogP contribution in [0, 0.1) is 5.92 Å². The molecule has 0 unspecified atom stereocenters. The fourth-order valence-electron chi connectivity index (χ4n) is 3.93. The molecule has 2 heterocycles. The molecule has 1 fully saturated rings. The van der Waals surface area contributed by atoms with Gasteiger partial charge in [-0.2, -0.15) is 0 Å². The van der Waals surface area contributed by atoms with Crippen LogP contribution in [-0.2, 0) is 16.6 Å². The Morgan fingerprint density at radius 3 is 2.36 bits per heavy atom. The number of carbonyl (C=O) groups is 2. The smallest absolute Gasteiger partial charge is 0.314 e. The van der Waals surface area contributed by atoms with Crippen LogP contribution in [0.5, 0.6) is 0 Å². The molecule has 148 valence electrons. The van der Waals surface area contributed by atoms with E-state index in [1.54, 1.807) is 11.0 Å². The Labute approximate surface area is 164 Å². The number of pyridine rings is 1. The van der Waals surface area contributed by atoms with Crippen molar-refractivity contribution in [3.8, 4) is 0 Å². The number of carboxylic acid groups (broad SMARTS) is 1. The number of carbonyl (C=O) groups excluding carboxylic acids is 1. The van der Waals surface area contributed by atoms with Gasteiger partial charge >= 0.3 is 5.97 Å². The number of aliphatic carboxylic acids is 1. The third-order valence-electron chi connectivity index (χ3n) is 5.42. The second-order valence-electron chi connectivity index (χ2n) is 7.90. The predicted molar refractivity (Wildman–Crippen MR) is 106 cm³/mol. The maximum absolute atomic E-state index is 12.9. The van der Waals surface area contributed by atoms with E-state index in [0.29, 0.717) is 43.8 Å². The lowest BCUT2D eigenvalue weighted by Gasteiger charge is -2.39. The zero-order chi connectivity index (χ0) is 20.3. The number of hydrogen-bond donors (Lipinski definition) is 2. The minimum atomic E-state index is -0.977. The van der Waals surface area contributed by atoms with E-state index in [9.17, 15) is 19.5 Å². The number of rotatable bonds is 5. The molecule has 1 aliphatic heterocycles. The van der Waals surface area contributed by atoms with Gasteiger partial charge in [-0.25, -0.2) is 0 Å². The average Bonchev–Trinajstić information content (AvgIpc) is 2.67. The van der Waals surface area contributed by atoms with E-state index < -0.39 is 11.4 Å². The normalized spacial score (nSPS) is 16.2. The van der Waals surface area contributed by atoms with E-state index in [1.165, 1.54) is 6.07 Å². The molecule has 3 rings (SSSR count). The molecule has 0 radical (unpaired) electrons. The zero-order valence-corrected chi connectivity index (χ0v) is 16.3. The molecule has 1 aromatic heterocycles. The third-order valence-corrected chi connectivity index (χ3v) is 5.42. The minimum Gasteiger partial charge on any atom is -0.481 e. The van der Waals surface area contributed by atoms with Crippen molar-refractivity contribution in [3.05, 3.63) is 69.6 Å². The zero-order valence-electron chi connectivity index (χ0n) is 16.3. The van der Waals surface area contributed by atoms with Gasteiger partial charge in [0.1, 0.15) is 0 Å². The van der Waals surface area contributed by atoms with Crippen molar-refractivity contribution < 1.29 is 14.7 Å². The van der Waals surface area contributed by atoms with Crippen LogP contribution in [0.15, 0.2) is 47.3 Å². The number of likely N-dealkylation sites (tertiary alicyclic amines) is 1. The SMILES string of the molecule is CC(C)Cc1cc(C(=O)N2CCC(C(=O)O)(c3ccccc3)CC2)cc(=O)[nH]1. The fourth-order valence-corrected chi connectivity index (χ4v) is 3.93. The highest BCUT2D eigenvalue weighted by Crippen LogP contribution is 2.36. The summed E-state index contributed by atoms with van der Waals surface area (Å²) in [7, 11) is 0. The number of piperidine rings is 1. The van der Waals surface area contributed by atoms with Gasteiger partial charge in [-0.05, 0) is 36.8 Å². The van der Waals surface area contributed by atoms with Crippen molar-refractivity contribution in [2.24, 2.45) is 5.92 Å². The van der Waals surface area contributed by atoms with Crippen molar-refractivity contribution >= 4 is 11.9 Å². The van der Waals surface area contributed by atoms with Gasteiger partial charge in [0, 0.05) is 30.4 Å². The maximum atomic E-state index is 12.9. The molecule has 0 aliphatic carbocycles. The lowest BCUT2D eigenvalue weighted by Crippen LogP contribution is -2.49. The molecule has 0 atom stereocenters. The lowest BCUT2D eigenvalue weighted by molar-refractivity contribution is -0.145. The maximum Gasteiger partial charge on any atom is 0.314 e. The summed E-state index contributed by atoms with van der Waals surface area (Å²) in [5.74, 6) is -0.720. The number of nitrogens with zero attached hydrogens (tertiary/aromatic N) is 1. The highest BCUT2D eigenvalue weighted by atomic mass is 16.4. The Bertz CT molecular complexity index is 910. The Morgan fingerprint density at radius 1 is 1.14 bits per heavy atom. The molecule has 1 saturated heterocycles. The molecule has 2 N–H and O–H groups in total. The number of hydrogen-bond acceptors (Lipinski definition) is 3. The second kappa shape index (κ2) is 8.00. The van der Waals surface area contributed by atoms with Crippen LogP contribution in [0.1, 0.15) is 48.3 Å². The Hall–Kier alpha value is -2.89. The van der Waals surface area contributed by atoms with Crippen LogP contribution < -0.4 is 5.56 Å². The predicted octanol–water partition coefficient (Wildman–Crippen LogP) is 2.83. The first-order valence-corrected chi connectivity index (χ1v) is 9.63. The minimum absolute atomic E-state index is 0.219. The fraction of sp³-hybridized carbons (Fsp3) is 0.409. The molecular weight excluding hydrogens is 356 g/mol. The summed E-state index contributed by atoms with van der Waals surface area (Å²) in [4.78, 5) is 41.4. The number of benzene rings is 1. The van der Waals surface area contributed by atoms with Crippen molar-refractivity contribution in [2.45, 2.75) is 38.5 Å². The Balaban J connectivity index is 1.79. The van der Waals surface area contributed by atoms with Crippen LogP contribution >= 0.6 is 0 Å². The molecule has 1 aliphatic rings. The van der Waals surface area contributed by atoms with Crippen molar-refractivity contribution in [2.75, 3.05) is 13.1 Å². The first kappa shape index (κ1) is 19.9. The molecular formula is C22H26N2O4. The highest BCUT2D eigenvalue weighted by molar-refractivity contribution is 5.94. The van der Waals surface area contributed by atoms with E-state index in [1.807, 2.05) is 44.2 Å². The molecule has 0 saturated carbocycles. The monoisotopic (exact) mass is 382 g/mol. The van der Waals surface area contributed by atoms with E-state index in [-0.39, 0.29) is 11.5 Å². The van der Waals surface area contributed by atoms with E-state index in [0.717, 1.165) is 11.3 Å². The number of H-pyrrole nitrogens is 1. The van der Waals surface area contributed by atoms with Crippen molar-refractivity contribution in [1.82, 2.24) is 9.88 Å². The summed E-state index contributed by atoms with van der Waals surface area (Å²) < 4.78 is 0. The van der Waals surface area contributed by atoms with Crippen LogP contribution in [0.25, 0.3) is 0 Å². The second-order valence-corrected chi connectivity index (χ2v) is 7.90. The molecule has 1 amide bonds. The third kappa shape index (κ3) is 4.01. The summed E-state index contributed by atoms with van der Waals surface area (Å²) in [6, 6.07) is 12.3. The summed E-state index contributed by atoms with van der Waals surface area (Å²) >= 11 is 0. The summed E-state index contributed by atoms with van der Waals surface area (Å²) in [6.07, 6.45) is 1.38. The number of amides is 1. The van der Waals surface area contributed by atoms with Gasteiger partial charge in [0.2, 0.25) is 5.56 Å². The lowest BCUT2D eigenvalue weighted by atomic mass is 9.73. The van der Waals surface area contributed by atoms with E-state index >= 15 is 0 Å². The number of carboxylic acids is 1. The van der Waals surface area contributed by atoms with E-state index in [2.05, 4.69) is 4.98 Å². The highest BCUT2D eigenvalue weighted by Gasteiger charge is 2.43. The number of aromatic nitrogens is 1. The molecule has 0 spiro atoms. The van der Waals surface area contributed by atoms with Gasteiger partial charge in [-0.1, -0.05) is 44.2 Å². The molecule has 1 aromatic carbocycles. The van der Waals surface area contributed by atoms with Gasteiger partial charge in [-0.3, -0.25) is 14.4 Å². The Kier molecular flexibility index (Phi) is 5.68. The van der Waals surface area contributed by atoms with Gasteiger partial charge in [0.15, 0.2) is 0 Å². The van der Waals surface area contributed by atoms with E-state index in [4.69, 9.17) is 0 Å². The molecule has 2 aromatic rings. The van der Waals surface area contributed by atoms with Crippen molar-refractivity contribution in [1.29, 1.82) is 0 Å². The van der Waals surface area contributed by atoms with Gasteiger partial charge < -0.3 is 15.0 Å². The molecule has 0 bridgehead atoms. The standard InChI is InChI=1S/C22H26N2O4/c1-15(2)12-18-13-16(14-19(25)23-18)20(26)24-10-8-22(9-11-24,21(27)28)17-6-4-3-5-7-17/h3-7,13-15H,8-12H2,1-2H3,(H,23,25)(H,27,28). The average molecular weight is 382 g/mol. The molecule has 6 heteroatoms. The van der Waals surface area contributed by atoms with Crippen LogP contribution in [0.2, 0.25) is 0 Å². The topological polar surface area (TPSA) is 90.5 Å². The van der Waals surface area contributed by atoms with Crippen LogP contribution in [-0.4, -0.2) is 40.0 Å². The van der Waals surface area contributed by atoms with Gasteiger partial charge in [0.25, 0.3) is 5.91 Å². The largest absolute Gasteiger partial charge is 0.481 e. The first-order chi connectivity index (χ1) is 13.3. The summed E-state index contributed by atoms with van der Waals surface area (Å²) in [5.41, 5.74) is 0.608. The number of aromatic amines is 1. The van der Waals surface area contributed by atoms with Crippen molar-refractivity contribution in [3.63, 3.8) is 0 Å². The first-order valence-electron chi connectivity index (χ1n) is 9.63. The number of nitrogens with one attached hydrogen (secondary N) is 1. The van der Waals surface area contributed by atoms with Crippen LogP contribution in [0.4, 0.5) is 0 Å². The Morgan fingerprint density at radius 2 is 1.79 bits per heavy atom. The van der Waals surface area contributed by atoms with Crippen LogP contribution in [0.3, 0.4) is 0 Å².